The summed E-state index contributed by atoms with van der Waals surface area (Å²) in [5.41, 5.74) is 1.13. The molecule has 0 spiro atoms. The van der Waals surface area contributed by atoms with E-state index in [0.29, 0.717) is 24.8 Å². The number of hydrogen-bond acceptors (Lipinski definition) is 2. The number of rotatable bonds is 5. The second kappa shape index (κ2) is 8.38. The first-order valence-electron chi connectivity index (χ1n) is 8.54. The van der Waals surface area contributed by atoms with Gasteiger partial charge in [0.05, 0.1) is 6.42 Å². The molecule has 0 aliphatic carbocycles. The third-order valence-corrected chi connectivity index (χ3v) is 5.54. The SMILES string of the molecule is O=C(Cc1c(F)cccc1Cl)NCC1(c2ccc(Cl)cc2)CCOCC1. The van der Waals surface area contributed by atoms with Gasteiger partial charge in [-0.3, -0.25) is 4.79 Å². The molecular formula is C20H20Cl2FNO2. The fourth-order valence-electron chi connectivity index (χ4n) is 3.33. The van der Waals surface area contributed by atoms with Crippen LogP contribution >= 0.6 is 23.2 Å². The minimum absolute atomic E-state index is 0.0846. The smallest absolute Gasteiger partial charge is 0.224 e. The van der Waals surface area contributed by atoms with Crippen molar-refractivity contribution in [2.45, 2.75) is 24.7 Å². The van der Waals surface area contributed by atoms with Gasteiger partial charge in [0.1, 0.15) is 5.82 Å². The van der Waals surface area contributed by atoms with Gasteiger partial charge in [-0.25, -0.2) is 4.39 Å². The molecule has 3 rings (SSSR count). The minimum Gasteiger partial charge on any atom is -0.381 e. The van der Waals surface area contributed by atoms with Crippen molar-refractivity contribution >= 4 is 29.1 Å². The molecule has 0 atom stereocenters. The van der Waals surface area contributed by atoms with Crippen molar-refractivity contribution in [3.63, 3.8) is 0 Å². The first kappa shape index (κ1) is 19.2. The van der Waals surface area contributed by atoms with Crippen molar-refractivity contribution in [2.75, 3.05) is 19.8 Å². The molecular weight excluding hydrogens is 376 g/mol. The van der Waals surface area contributed by atoms with Crippen LogP contribution in [0.2, 0.25) is 10.0 Å². The summed E-state index contributed by atoms with van der Waals surface area (Å²) in [6.07, 6.45) is 1.52. The molecule has 2 aromatic rings. The highest BCUT2D eigenvalue weighted by Gasteiger charge is 2.34. The molecule has 0 aromatic heterocycles. The average Bonchev–Trinajstić information content (AvgIpc) is 2.64. The number of nitrogens with one attached hydrogen (secondary N) is 1. The van der Waals surface area contributed by atoms with Gasteiger partial charge in [-0.05, 0) is 42.7 Å². The van der Waals surface area contributed by atoms with Crippen LogP contribution < -0.4 is 5.32 Å². The predicted octanol–water partition coefficient (Wildman–Crippen LogP) is 4.54. The van der Waals surface area contributed by atoms with Gasteiger partial charge in [-0.15, -0.1) is 0 Å². The zero-order valence-electron chi connectivity index (χ0n) is 14.2. The topological polar surface area (TPSA) is 38.3 Å². The minimum atomic E-state index is -0.467. The summed E-state index contributed by atoms with van der Waals surface area (Å²) in [5.74, 6) is -0.719. The summed E-state index contributed by atoms with van der Waals surface area (Å²) in [6, 6.07) is 12.1. The fourth-order valence-corrected chi connectivity index (χ4v) is 3.68. The molecule has 0 bridgehead atoms. The van der Waals surface area contributed by atoms with Crippen LogP contribution in [0.25, 0.3) is 0 Å². The van der Waals surface area contributed by atoms with Gasteiger partial charge in [0, 0.05) is 40.8 Å². The largest absolute Gasteiger partial charge is 0.381 e. The third kappa shape index (κ3) is 4.37. The number of ether oxygens (including phenoxy) is 1. The lowest BCUT2D eigenvalue weighted by molar-refractivity contribution is -0.121. The molecule has 138 valence electrons. The van der Waals surface area contributed by atoms with Gasteiger partial charge < -0.3 is 10.1 Å². The standard InChI is InChI=1S/C20H20Cl2FNO2/c21-15-6-4-14(5-7-15)20(8-10-26-11-9-20)13-24-19(25)12-16-17(22)2-1-3-18(16)23/h1-7H,8-13H2,(H,24,25). The van der Waals surface area contributed by atoms with Crippen LogP contribution in [0.1, 0.15) is 24.0 Å². The highest BCUT2D eigenvalue weighted by Crippen LogP contribution is 2.35. The lowest BCUT2D eigenvalue weighted by Gasteiger charge is -2.38. The molecule has 1 amide bonds. The number of carbonyl (C=O) groups is 1. The maximum atomic E-state index is 13.9. The molecule has 0 unspecified atom stereocenters. The Balaban J connectivity index is 1.72. The van der Waals surface area contributed by atoms with Gasteiger partial charge >= 0.3 is 0 Å². The number of benzene rings is 2. The normalized spacial score (nSPS) is 16.3. The van der Waals surface area contributed by atoms with Gasteiger partial charge in [0.25, 0.3) is 0 Å². The molecule has 0 saturated carbocycles. The summed E-state index contributed by atoms with van der Waals surface area (Å²) in [7, 11) is 0. The van der Waals surface area contributed by atoms with Crippen molar-refractivity contribution in [1.29, 1.82) is 0 Å². The Kier molecular flexibility index (Phi) is 6.17. The first-order chi connectivity index (χ1) is 12.5. The summed E-state index contributed by atoms with van der Waals surface area (Å²) in [4.78, 5) is 12.4. The molecule has 1 N–H and O–H groups in total. The van der Waals surface area contributed by atoms with Crippen LogP contribution in [0.4, 0.5) is 4.39 Å². The Hall–Kier alpha value is -1.62. The maximum Gasteiger partial charge on any atom is 0.224 e. The van der Waals surface area contributed by atoms with E-state index in [2.05, 4.69) is 5.32 Å². The zero-order chi connectivity index (χ0) is 18.6. The molecule has 1 heterocycles. The van der Waals surface area contributed by atoms with Gasteiger partial charge in [-0.2, -0.15) is 0 Å². The van der Waals surface area contributed by atoms with E-state index in [9.17, 15) is 9.18 Å². The monoisotopic (exact) mass is 395 g/mol. The van der Waals surface area contributed by atoms with Crippen LogP contribution in [-0.2, 0) is 21.4 Å². The molecule has 0 radical (unpaired) electrons. The van der Waals surface area contributed by atoms with Crippen LogP contribution in [0, 0.1) is 5.82 Å². The van der Waals surface area contributed by atoms with E-state index in [1.165, 1.54) is 12.1 Å². The first-order valence-corrected chi connectivity index (χ1v) is 9.29. The Morgan fingerprint density at radius 2 is 1.81 bits per heavy atom. The Morgan fingerprint density at radius 3 is 2.46 bits per heavy atom. The lowest BCUT2D eigenvalue weighted by atomic mass is 9.74. The summed E-state index contributed by atoms with van der Waals surface area (Å²) in [5, 5.41) is 3.89. The number of hydrogen-bond donors (Lipinski definition) is 1. The molecule has 1 aliphatic rings. The van der Waals surface area contributed by atoms with E-state index in [-0.39, 0.29) is 28.3 Å². The molecule has 1 saturated heterocycles. The summed E-state index contributed by atoms with van der Waals surface area (Å²) in [6.45, 7) is 1.73. The van der Waals surface area contributed by atoms with Gasteiger partial charge in [-0.1, -0.05) is 41.4 Å². The van der Waals surface area contributed by atoms with Gasteiger partial charge in [0.2, 0.25) is 5.91 Å². The van der Waals surface area contributed by atoms with Crippen LogP contribution in [0.15, 0.2) is 42.5 Å². The maximum absolute atomic E-state index is 13.9. The average molecular weight is 396 g/mol. The zero-order valence-corrected chi connectivity index (χ0v) is 15.7. The van der Waals surface area contributed by atoms with Crippen molar-refractivity contribution in [3.05, 3.63) is 69.5 Å². The van der Waals surface area contributed by atoms with E-state index in [1.807, 2.05) is 24.3 Å². The second-order valence-corrected chi connectivity index (χ2v) is 7.40. The van der Waals surface area contributed by atoms with E-state index >= 15 is 0 Å². The highest BCUT2D eigenvalue weighted by molar-refractivity contribution is 6.31. The van der Waals surface area contributed by atoms with Crippen molar-refractivity contribution in [1.82, 2.24) is 5.32 Å². The van der Waals surface area contributed by atoms with Crippen molar-refractivity contribution in [2.24, 2.45) is 0 Å². The molecule has 2 aromatic carbocycles. The molecule has 1 fully saturated rings. The predicted molar refractivity (Wildman–Crippen MR) is 101 cm³/mol. The summed E-state index contributed by atoms with van der Waals surface area (Å²) < 4.78 is 19.4. The van der Waals surface area contributed by atoms with Crippen molar-refractivity contribution in [3.8, 4) is 0 Å². The quantitative estimate of drug-likeness (QED) is 0.806. The molecule has 1 aliphatic heterocycles. The number of carbonyl (C=O) groups excluding carboxylic acids is 1. The van der Waals surface area contributed by atoms with Crippen LogP contribution in [-0.4, -0.2) is 25.7 Å². The Bertz CT molecular complexity index is 754. The Labute approximate surface area is 162 Å². The van der Waals surface area contributed by atoms with Crippen molar-refractivity contribution < 1.29 is 13.9 Å². The summed E-state index contributed by atoms with van der Waals surface area (Å²) >= 11 is 12.0. The number of halogens is 3. The number of amides is 1. The van der Waals surface area contributed by atoms with Gasteiger partial charge in [0.15, 0.2) is 0 Å². The molecule has 3 nitrogen and oxygen atoms in total. The van der Waals surface area contributed by atoms with E-state index in [4.69, 9.17) is 27.9 Å². The Morgan fingerprint density at radius 1 is 1.12 bits per heavy atom. The van der Waals surface area contributed by atoms with E-state index in [1.54, 1.807) is 6.07 Å². The molecule has 26 heavy (non-hydrogen) atoms. The fraction of sp³-hybridized carbons (Fsp3) is 0.350. The van der Waals surface area contributed by atoms with E-state index in [0.717, 1.165) is 18.4 Å². The van der Waals surface area contributed by atoms with E-state index < -0.39 is 5.82 Å². The van der Waals surface area contributed by atoms with Crippen LogP contribution in [0.3, 0.4) is 0 Å². The molecule has 6 heteroatoms. The highest BCUT2D eigenvalue weighted by atomic mass is 35.5. The lowest BCUT2D eigenvalue weighted by Crippen LogP contribution is -2.45. The second-order valence-electron chi connectivity index (χ2n) is 6.55. The third-order valence-electron chi connectivity index (χ3n) is 4.93. The van der Waals surface area contributed by atoms with Crippen LogP contribution in [0.5, 0.6) is 0 Å².